The van der Waals surface area contributed by atoms with Crippen molar-refractivity contribution in [2.75, 3.05) is 12.8 Å². The van der Waals surface area contributed by atoms with Gasteiger partial charge in [0, 0.05) is 11.8 Å². The van der Waals surface area contributed by atoms with Gasteiger partial charge < -0.3 is 20.7 Å². The molecule has 1 heterocycles. The Hall–Kier alpha value is -1.84. The fourth-order valence-electron chi connectivity index (χ4n) is 1.05. The number of nitriles is 1. The third-order valence-electron chi connectivity index (χ3n) is 1.90. The van der Waals surface area contributed by atoms with E-state index in [4.69, 9.17) is 20.8 Å². The normalized spacial score (nSPS) is 14.0. The van der Waals surface area contributed by atoms with Crippen LogP contribution in [0.4, 0.5) is 5.82 Å². The van der Waals surface area contributed by atoms with E-state index in [-0.39, 0.29) is 17.1 Å². The number of ether oxygens (including phenoxy) is 1. The molecule has 1 aromatic heterocycles. The molecule has 0 saturated carbocycles. The van der Waals surface area contributed by atoms with E-state index in [2.05, 4.69) is 4.98 Å². The van der Waals surface area contributed by atoms with Crippen LogP contribution >= 0.6 is 0 Å². The van der Waals surface area contributed by atoms with Crippen LogP contribution in [0, 0.1) is 11.3 Å². The van der Waals surface area contributed by atoms with E-state index in [0.29, 0.717) is 0 Å². The number of hydrogen-bond donors (Lipinski definition) is 3. The Bertz CT molecular complexity index is 389. The van der Waals surface area contributed by atoms with Gasteiger partial charge in [-0.2, -0.15) is 5.26 Å². The SMILES string of the molecule is COc1cc(C(O)C(O)C#N)cnc1N. The van der Waals surface area contributed by atoms with Crippen molar-refractivity contribution in [3.63, 3.8) is 0 Å². The molecule has 0 radical (unpaired) electrons. The van der Waals surface area contributed by atoms with Crippen molar-refractivity contribution < 1.29 is 14.9 Å². The van der Waals surface area contributed by atoms with Crippen molar-refractivity contribution in [1.82, 2.24) is 4.98 Å². The summed E-state index contributed by atoms with van der Waals surface area (Å²) in [6.45, 7) is 0. The average molecular weight is 209 g/mol. The van der Waals surface area contributed by atoms with Crippen molar-refractivity contribution in [1.29, 1.82) is 5.26 Å². The van der Waals surface area contributed by atoms with Crippen LogP contribution in [0.3, 0.4) is 0 Å². The average Bonchev–Trinajstić information content (AvgIpc) is 2.27. The number of nitrogen functional groups attached to an aromatic ring is 1. The summed E-state index contributed by atoms with van der Waals surface area (Å²) in [4.78, 5) is 3.76. The number of anilines is 1. The first-order valence-corrected chi connectivity index (χ1v) is 4.15. The maximum absolute atomic E-state index is 9.49. The van der Waals surface area contributed by atoms with Crippen LogP contribution in [-0.4, -0.2) is 28.4 Å². The monoisotopic (exact) mass is 209 g/mol. The molecule has 1 aromatic rings. The second-order valence-corrected chi connectivity index (χ2v) is 2.87. The lowest BCUT2D eigenvalue weighted by atomic mass is 10.1. The highest BCUT2D eigenvalue weighted by Gasteiger charge is 2.19. The lowest BCUT2D eigenvalue weighted by molar-refractivity contribution is 0.0524. The van der Waals surface area contributed by atoms with Crippen molar-refractivity contribution in [2.45, 2.75) is 12.2 Å². The van der Waals surface area contributed by atoms with Gasteiger partial charge >= 0.3 is 0 Å². The topological polar surface area (TPSA) is 112 Å². The number of nitrogens with zero attached hydrogens (tertiary/aromatic N) is 2. The maximum atomic E-state index is 9.49. The van der Waals surface area contributed by atoms with Crippen molar-refractivity contribution in [2.24, 2.45) is 0 Å². The molecule has 4 N–H and O–H groups in total. The molecule has 0 spiro atoms. The summed E-state index contributed by atoms with van der Waals surface area (Å²) >= 11 is 0. The van der Waals surface area contributed by atoms with Crippen LogP contribution in [0.2, 0.25) is 0 Å². The second-order valence-electron chi connectivity index (χ2n) is 2.87. The second kappa shape index (κ2) is 4.59. The van der Waals surface area contributed by atoms with Gasteiger partial charge in [0.15, 0.2) is 17.7 Å². The predicted octanol–water partition coefficient (Wildman–Crippen LogP) is -0.410. The lowest BCUT2D eigenvalue weighted by Gasteiger charge is -2.13. The minimum atomic E-state index is -1.50. The van der Waals surface area contributed by atoms with Gasteiger partial charge in [-0.3, -0.25) is 0 Å². The predicted molar refractivity (Wildman–Crippen MR) is 51.8 cm³/mol. The van der Waals surface area contributed by atoms with E-state index < -0.39 is 12.2 Å². The zero-order valence-electron chi connectivity index (χ0n) is 8.08. The van der Waals surface area contributed by atoms with Crippen molar-refractivity contribution >= 4 is 5.82 Å². The summed E-state index contributed by atoms with van der Waals surface area (Å²) in [5, 5.41) is 27.0. The third-order valence-corrected chi connectivity index (χ3v) is 1.90. The molecule has 2 atom stereocenters. The summed E-state index contributed by atoms with van der Waals surface area (Å²) in [7, 11) is 1.41. The number of nitrogens with two attached hydrogens (primary N) is 1. The zero-order chi connectivity index (χ0) is 11.4. The Morgan fingerprint density at radius 1 is 1.60 bits per heavy atom. The highest BCUT2D eigenvalue weighted by Crippen LogP contribution is 2.24. The van der Waals surface area contributed by atoms with Gasteiger partial charge in [0.2, 0.25) is 0 Å². The van der Waals surface area contributed by atoms with Crippen LogP contribution in [0.15, 0.2) is 12.3 Å². The fourth-order valence-corrected chi connectivity index (χ4v) is 1.05. The fraction of sp³-hybridized carbons (Fsp3) is 0.333. The molecule has 0 aromatic carbocycles. The maximum Gasteiger partial charge on any atom is 0.170 e. The Balaban J connectivity index is 3.01. The number of aliphatic hydroxyl groups is 2. The summed E-state index contributed by atoms with van der Waals surface area (Å²) in [6, 6.07) is 2.95. The van der Waals surface area contributed by atoms with Gasteiger partial charge in [-0.1, -0.05) is 0 Å². The summed E-state index contributed by atoms with van der Waals surface area (Å²) in [6.07, 6.45) is -1.54. The first-order chi connectivity index (χ1) is 7.10. The van der Waals surface area contributed by atoms with E-state index in [9.17, 15) is 5.11 Å². The number of rotatable bonds is 3. The third kappa shape index (κ3) is 2.34. The number of pyridine rings is 1. The van der Waals surface area contributed by atoms with E-state index in [0.717, 1.165) is 0 Å². The standard InChI is InChI=1S/C9H11N3O3/c1-15-7-2-5(4-12-9(7)11)8(14)6(13)3-10/h2,4,6,8,13-14H,1H3,(H2,11,12). The molecule has 6 nitrogen and oxygen atoms in total. The molecule has 1 rings (SSSR count). The molecule has 0 bridgehead atoms. The minimum Gasteiger partial charge on any atom is -0.493 e. The van der Waals surface area contributed by atoms with Crippen LogP contribution < -0.4 is 10.5 Å². The highest BCUT2D eigenvalue weighted by atomic mass is 16.5. The number of methoxy groups -OCH3 is 1. The highest BCUT2D eigenvalue weighted by molar-refractivity contribution is 5.47. The van der Waals surface area contributed by atoms with Crippen LogP contribution in [0.5, 0.6) is 5.75 Å². The molecule has 2 unspecified atom stereocenters. The summed E-state index contributed by atoms with van der Waals surface area (Å²) in [5.74, 6) is 0.469. The van der Waals surface area contributed by atoms with E-state index in [1.807, 2.05) is 0 Å². The molecule has 15 heavy (non-hydrogen) atoms. The van der Waals surface area contributed by atoms with Crippen LogP contribution in [0.25, 0.3) is 0 Å². The molecule has 0 amide bonds. The Morgan fingerprint density at radius 3 is 2.80 bits per heavy atom. The molecular formula is C9H11N3O3. The van der Waals surface area contributed by atoms with Gasteiger partial charge in [0.1, 0.15) is 6.10 Å². The van der Waals surface area contributed by atoms with Gasteiger partial charge in [-0.15, -0.1) is 0 Å². The van der Waals surface area contributed by atoms with E-state index >= 15 is 0 Å². The van der Waals surface area contributed by atoms with Gasteiger partial charge in [-0.25, -0.2) is 4.98 Å². The lowest BCUT2D eigenvalue weighted by Crippen LogP contribution is -2.16. The molecule has 80 valence electrons. The van der Waals surface area contributed by atoms with Gasteiger partial charge in [0.25, 0.3) is 0 Å². The Morgan fingerprint density at radius 2 is 2.27 bits per heavy atom. The van der Waals surface area contributed by atoms with Crippen molar-refractivity contribution in [3.8, 4) is 11.8 Å². The largest absolute Gasteiger partial charge is 0.493 e. The minimum absolute atomic E-state index is 0.180. The smallest absolute Gasteiger partial charge is 0.170 e. The van der Waals surface area contributed by atoms with Gasteiger partial charge in [0.05, 0.1) is 13.2 Å². The molecule has 0 aliphatic carbocycles. The molecular weight excluding hydrogens is 198 g/mol. The first kappa shape index (κ1) is 11.2. The Labute approximate surface area is 86.5 Å². The Kier molecular flexibility index (Phi) is 3.44. The molecule has 0 aliphatic heterocycles. The van der Waals surface area contributed by atoms with Gasteiger partial charge in [-0.05, 0) is 6.07 Å². The zero-order valence-corrected chi connectivity index (χ0v) is 8.08. The number of aliphatic hydroxyl groups excluding tert-OH is 2. The van der Waals surface area contributed by atoms with E-state index in [1.54, 1.807) is 0 Å². The molecule has 0 aliphatic rings. The van der Waals surface area contributed by atoms with Crippen molar-refractivity contribution in [3.05, 3.63) is 17.8 Å². The quantitative estimate of drug-likeness (QED) is 0.583. The summed E-state index contributed by atoms with van der Waals surface area (Å²) in [5.41, 5.74) is 5.74. The molecule has 0 saturated heterocycles. The number of hydrogen-bond acceptors (Lipinski definition) is 6. The summed E-state index contributed by atoms with van der Waals surface area (Å²) < 4.78 is 4.89. The van der Waals surface area contributed by atoms with Crippen LogP contribution in [-0.2, 0) is 0 Å². The number of aromatic nitrogens is 1. The first-order valence-electron chi connectivity index (χ1n) is 4.15. The molecule has 0 fully saturated rings. The molecule has 6 heteroatoms. The van der Waals surface area contributed by atoms with Crippen LogP contribution in [0.1, 0.15) is 11.7 Å². The van der Waals surface area contributed by atoms with E-state index in [1.165, 1.54) is 25.4 Å².